The molecule has 92 valence electrons. The molecule has 0 fully saturated rings. The average Bonchev–Trinajstić information content (AvgIpc) is 2.57. The molecule has 0 unspecified atom stereocenters. The van der Waals surface area contributed by atoms with Gasteiger partial charge in [-0.25, -0.2) is 4.98 Å². The Balaban J connectivity index is 2.31. The first-order valence-corrected chi connectivity index (χ1v) is 7.38. The van der Waals surface area contributed by atoms with Crippen LogP contribution in [0.5, 0.6) is 0 Å². The molecule has 0 saturated carbocycles. The highest BCUT2D eigenvalue weighted by atomic mass is 79.9. The summed E-state index contributed by atoms with van der Waals surface area (Å²) < 4.78 is 3.16. The summed E-state index contributed by atoms with van der Waals surface area (Å²) in [7, 11) is 2.02. The van der Waals surface area contributed by atoms with Gasteiger partial charge in [0.2, 0.25) is 0 Å². The number of thioether (sulfide) groups is 1. The molecule has 2 rings (SSSR count). The number of fused-ring (bicyclic) bond motifs is 1. The summed E-state index contributed by atoms with van der Waals surface area (Å²) in [5.41, 5.74) is 2.55. The molecule has 2 nitrogen and oxygen atoms in total. The van der Waals surface area contributed by atoms with Gasteiger partial charge in [-0.1, -0.05) is 20.8 Å². The van der Waals surface area contributed by atoms with Crippen molar-refractivity contribution in [1.29, 1.82) is 0 Å². The Morgan fingerprint density at radius 1 is 1.35 bits per heavy atom. The maximum atomic E-state index is 4.40. The van der Waals surface area contributed by atoms with Gasteiger partial charge < -0.3 is 4.57 Å². The van der Waals surface area contributed by atoms with Crippen LogP contribution >= 0.6 is 27.7 Å². The number of hydrogen-bond donors (Lipinski definition) is 0. The first-order chi connectivity index (χ1) is 7.87. The Hall–Kier alpha value is -0.480. The van der Waals surface area contributed by atoms with Crippen molar-refractivity contribution in [3.05, 3.63) is 22.9 Å². The van der Waals surface area contributed by atoms with Crippen molar-refractivity contribution in [3.63, 3.8) is 0 Å². The SMILES string of the molecule is Cn1cnc2cc(SCC(C)(C)C)cc(Br)c21. The molecule has 0 amide bonds. The summed E-state index contributed by atoms with van der Waals surface area (Å²) in [5, 5.41) is 0. The Kier molecular flexibility index (Phi) is 3.55. The van der Waals surface area contributed by atoms with Gasteiger partial charge in [0.25, 0.3) is 0 Å². The third-order valence-electron chi connectivity index (χ3n) is 2.41. The molecule has 0 aliphatic heterocycles. The van der Waals surface area contributed by atoms with Crippen LogP contribution in [-0.4, -0.2) is 15.3 Å². The molecule has 0 aliphatic carbocycles. The highest BCUT2D eigenvalue weighted by Gasteiger charge is 2.12. The standard InChI is InChI=1S/C13H17BrN2S/c1-13(2,3)7-17-9-5-10(14)12-11(6-9)15-8-16(12)4/h5-6,8H,7H2,1-4H3. The summed E-state index contributed by atoms with van der Waals surface area (Å²) in [6, 6.07) is 4.34. The van der Waals surface area contributed by atoms with Crippen LogP contribution in [-0.2, 0) is 7.05 Å². The number of benzene rings is 1. The van der Waals surface area contributed by atoms with Crippen molar-refractivity contribution in [2.24, 2.45) is 12.5 Å². The molecular weight excluding hydrogens is 296 g/mol. The topological polar surface area (TPSA) is 17.8 Å². The summed E-state index contributed by atoms with van der Waals surface area (Å²) in [4.78, 5) is 5.68. The van der Waals surface area contributed by atoms with Gasteiger partial charge in [-0.05, 0) is 33.5 Å². The number of imidazole rings is 1. The highest BCUT2D eigenvalue weighted by Crippen LogP contribution is 2.32. The van der Waals surface area contributed by atoms with E-state index in [1.807, 2.05) is 29.7 Å². The van der Waals surface area contributed by atoms with Crippen LogP contribution in [0.3, 0.4) is 0 Å². The first-order valence-electron chi connectivity index (χ1n) is 5.60. The number of aryl methyl sites for hydroxylation is 1. The first kappa shape index (κ1) is 13.0. The quantitative estimate of drug-likeness (QED) is 0.761. The number of aromatic nitrogens is 2. The van der Waals surface area contributed by atoms with E-state index in [0.29, 0.717) is 5.41 Å². The van der Waals surface area contributed by atoms with Gasteiger partial charge in [0.1, 0.15) is 0 Å². The number of nitrogens with zero attached hydrogens (tertiary/aromatic N) is 2. The molecule has 0 atom stereocenters. The average molecular weight is 313 g/mol. The van der Waals surface area contributed by atoms with Gasteiger partial charge in [-0.15, -0.1) is 11.8 Å². The molecule has 0 bridgehead atoms. The van der Waals surface area contributed by atoms with Crippen molar-refractivity contribution < 1.29 is 0 Å². The number of halogens is 1. The molecule has 1 aromatic carbocycles. The minimum absolute atomic E-state index is 0.343. The molecule has 1 heterocycles. The number of hydrogen-bond acceptors (Lipinski definition) is 2. The lowest BCUT2D eigenvalue weighted by atomic mass is 10.0. The second-order valence-corrected chi connectivity index (χ2v) is 7.38. The van der Waals surface area contributed by atoms with E-state index in [-0.39, 0.29) is 0 Å². The Morgan fingerprint density at radius 3 is 2.71 bits per heavy atom. The zero-order valence-corrected chi connectivity index (χ0v) is 13.0. The van der Waals surface area contributed by atoms with Crippen LogP contribution in [0, 0.1) is 5.41 Å². The summed E-state index contributed by atoms with van der Waals surface area (Å²) in [6.45, 7) is 6.77. The van der Waals surface area contributed by atoms with E-state index < -0.39 is 0 Å². The lowest BCUT2D eigenvalue weighted by molar-refractivity contribution is 0.481. The molecular formula is C13H17BrN2S. The lowest BCUT2D eigenvalue weighted by Gasteiger charge is -2.17. The van der Waals surface area contributed by atoms with Crippen molar-refractivity contribution in [2.75, 3.05) is 5.75 Å². The molecule has 2 aromatic rings. The normalized spacial score (nSPS) is 12.3. The van der Waals surface area contributed by atoms with E-state index in [4.69, 9.17) is 0 Å². The number of rotatable bonds is 2. The van der Waals surface area contributed by atoms with E-state index in [9.17, 15) is 0 Å². The van der Waals surface area contributed by atoms with Crippen molar-refractivity contribution in [1.82, 2.24) is 9.55 Å². The second-order valence-electron chi connectivity index (χ2n) is 5.48. The second kappa shape index (κ2) is 4.65. The molecule has 1 aromatic heterocycles. The summed E-state index contributed by atoms with van der Waals surface area (Å²) in [6.07, 6.45) is 1.85. The molecule has 0 spiro atoms. The largest absolute Gasteiger partial charge is 0.333 e. The molecule has 0 radical (unpaired) electrons. The maximum Gasteiger partial charge on any atom is 0.0955 e. The fraction of sp³-hybridized carbons (Fsp3) is 0.462. The fourth-order valence-electron chi connectivity index (χ4n) is 1.60. The Bertz CT molecular complexity index is 540. The third-order valence-corrected chi connectivity index (χ3v) is 4.60. The zero-order chi connectivity index (χ0) is 12.6. The summed E-state index contributed by atoms with van der Waals surface area (Å²) >= 11 is 5.51. The van der Waals surface area contributed by atoms with E-state index in [1.54, 1.807) is 0 Å². The predicted molar refractivity (Wildman–Crippen MR) is 78.6 cm³/mol. The van der Waals surface area contributed by atoms with Crippen LogP contribution in [0.25, 0.3) is 11.0 Å². The molecule has 4 heteroatoms. The summed E-state index contributed by atoms with van der Waals surface area (Å²) in [5.74, 6) is 1.11. The van der Waals surface area contributed by atoms with Gasteiger partial charge in [0, 0.05) is 22.2 Å². The molecule has 0 N–H and O–H groups in total. The highest BCUT2D eigenvalue weighted by molar-refractivity contribution is 9.10. The van der Waals surface area contributed by atoms with Crippen LogP contribution in [0.4, 0.5) is 0 Å². The van der Waals surface area contributed by atoms with E-state index in [2.05, 4.69) is 53.8 Å². The van der Waals surface area contributed by atoms with Crippen LogP contribution in [0.1, 0.15) is 20.8 Å². The lowest BCUT2D eigenvalue weighted by Crippen LogP contribution is -2.07. The van der Waals surface area contributed by atoms with Gasteiger partial charge >= 0.3 is 0 Å². The maximum absolute atomic E-state index is 4.40. The minimum atomic E-state index is 0.343. The fourth-order valence-corrected chi connectivity index (χ4v) is 3.47. The monoisotopic (exact) mass is 312 g/mol. The van der Waals surface area contributed by atoms with Crippen molar-refractivity contribution >= 4 is 38.7 Å². The van der Waals surface area contributed by atoms with E-state index in [1.165, 1.54) is 4.90 Å². The Labute approximate surface area is 115 Å². The van der Waals surface area contributed by atoms with Crippen LogP contribution < -0.4 is 0 Å². The molecule has 0 saturated heterocycles. The van der Waals surface area contributed by atoms with Crippen LogP contribution in [0.15, 0.2) is 27.8 Å². The molecule has 17 heavy (non-hydrogen) atoms. The van der Waals surface area contributed by atoms with E-state index >= 15 is 0 Å². The predicted octanol–water partition coefficient (Wildman–Crippen LogP) is 4.47. The van der Waals surface area contributed by atoms with Gasteiger partial charge in [0.15, 0.2) is 0 Å². The Morgan fingerprint density at radius 2 is 2.06 bits per heavy atom. The van der Waals surface area contributed by atoms with Gasteiger partial charge in [-0.3, -0.25) is 0 Å². The molecule has 0 aliphatic rings. The van der Waals surface area contributed by atoms with Gasteiger partial charge in [-0.2, -0.15) is 0 Å². The van der Waals surface area contributed by atoms with Crippen molar-refractivity contribution in [3.8, 4) is 0 Å². The van der Waals surface area contributed by atoms with Crippen LogP contribution in [0.2, 0.25) is 0 Å². The van der Waals surface area contributed by atoms with Crippen molar-refractivity contribution in [2.45, 2.75) is 25.7 Å². The minimum Gasteiger partial charge on any atom is -0.333 e. The zero-order valence-electron chi connectivity index (χ0n) is 10.6. The third kappa shape index (κ3) is 3.05. The smallest absolute Gasteiger partial charge is 0.0955 e. The van der Waals surface area contributed by atoms with Gasteiger partial charge in [0.05, 0.1) is 17.4 Å². The van der Waals surface area contributed by atoms with E-state index in [0.717, 1.165) is 21.3 Å².